The third-order valence-corrected chi connectivity index (χ3v) is 3.44. The summed E-state index contributed by atoms with van der Waals surface area (Å²) in [7, 11) is 0. The highest BCUT2D eigenvalue weighted by Gasteiger charge is 2.27. The second kappa shape index (κ2) is 6.07. The Morgan fingerprint density at radius 1 is 1.39 bits per heavy atom. The number of halogens is 1. The standard InChI is InChI=1S/C13H19ClN2O2/c1-3-13(4-2,8-17)16-12(18)9-5-10(14)7-11(15)6-9/h5-7,17H,3-4,8,15H2,1-2H3,(H,16,18). The minimum absolute atomic E-state index is 0.0954. The molecule has 1 rings (SSSR count). The number of aliphatic hydroxyl groups excluding tert-OH is 1. The maximum atomic E-state index is 12.1. The summed E-state index contributed by atoms with van der Waals surface area (Å²) in [6.07, 6.45) is 1.31. The number of nitrogen functional groups attached to an aromatic ring is 1. The van der Waals surface area contributed by atoms with E-state index in [4.69, 9.17) is 17.3 Å². The lowest BCUT2D eigenvalue weighted by atomic mass is 9.93. The molecule has 5 heteroatoms. The van der Waals surface area contributed by atoms with Crippen molar-refractivity contribution in [2.24, 2.45) is 0 Å². The molecule has 0 unspecified atom stereocenters. The van der Waals surface area contributed by atoms with E-state index in [1.54, 1.807) is 18.2 Å². The van der Waals surface area contributed by atoms with E-state index in [0.717, 1.165) is 0 Å². The SMILES string of the molecule is CCC(CC)(CO)NC(=O)c1cc(N)cc(Cl)c1. The fraction of sp³-hybridized carbons (Fsp3) is 0.462. The maximum Gasteiger partial charge on any atom is 0.251 e. The van der Waals surface area contributed by atoms with Gasteiger partial charge in [0, 0.05) is 16.3 Å². The number of anilines is 1. The van der Waals surface area contributed by atoms with Gasteiger partial charge in [0.15, 0.2) is 0 Å². The molecule has 0 bridgehead atoms. The van der Waals surface area contributed by atoms with Gasteiger partial charge in [0.1, 0.15) is 0 Å². The monoisotopic (exact) mass is 270 g/mol. The van der Waals surface area contributed by atoms with Crippen molar-refractivity contribution < 1.29 is 9.90 Å². The number of carbonyl (C=O) groups excluding carboxylic acids is 1. The average Bonchev–Trinajstić information content (AvgIpc) is 2.35. The Morgan fingerprint density at radius 3 is 2.44 bits per heavy atom. The third kappa shape index (κ3) is 3.37. The average molecular weight is 271 g/mol. The van der Waals surface area contributed by atoms with Crippen LogP contribution in [0.5, 0.6) is 0 Å². The predicted molar refractivity (Wildman–Crippen MR) is 73.7 cm³/mol. The molecule has 0 heterocycles. The normalized spacial score (nSPS) is 11.3. The van der Waals surface area contributed by atoms with Crippen LogP contribution >= 0.6 is 11.6 Å². The fourth-order valence-electron chi connectivity index (χ4n) is 1.75. The minimum atomic E-state index is -0.589. The molecule has 0 aliphatic heterocycles. The first-order valence-electron chi connectivity index (χ1n) is 5.95. The van der Waals surface area contributed by atoms with Gasteiger partial charge in [0.25, 0.3) is 5.91 Å². The highest BCUT2D eigenvalue weighted by Crippen LogP contribution is 2.19. The Kier molecular flexibility index (Phi) is 4.99. The van der Waals surface area contributed by atoms with E-state index in [2.05, 4.69) is 5.32 Å². The summed E-state index contributed by atoms with van der Waals surface area (Å²) in [6, 6.07) is 4.70. The van der Waals surface area contributed by atoms with Gasteiger partial charge in [-0.25, -0.2) is 0 Å². The molecule has 4 N–H and O–H groups in total. The summed E-state index contributed by atoms with van der Waals surface area (Å²) in [6.45, 7) is 3.75. The van der Waals surface area contributed by atoms with Crippen molar-refractivity contribution in [1.29, 1.82) is 0 Å². The second-order valence-electron chi connectivity index (χ2n) is 4.37. The van der Waals surface area contributed by atoms with Gasteiger partial charge in [0.05, 0.1) is 12.1 Å². The van der Waals surface area contributed by atoms with Crippen molar-refractivity contribution in [3.05, 3.63) is 28.8 Å². The van der Waals surface area contributed by atoms with E-state index in [-0.39, 0.29) is 12.5 Å². The van der Waals surface area contributed by atoms with Crippen LogP contribution in [0.25, 0.3) is 0 Å². The quantitative estimate of drug-likeness (QED) is 0.718. The molecule has 0 saturated heterocycles. The van der Waals surface area contributed by atoms with Crippen molar-refractivity contribution in [3.8, 4) is 0 Å². The molecule has 0 saturated carbocycles. The number of hydrogen-bond donors (Lipinski definition) is 3. The zero-order valence-corrected chi connectivity index (χ0v) is 11.4. The first-order valence-corrected chi connectivity index (χ1v) is 6.33. The Labute approximate surface area is 112 Å². The van der Waals surface area contributed by atoms with Crippen molar-refractivity contribution in [2.45, 2.75) is 32.2 Å². The van der Waals surface area contributed by atoms with E-state index < -0.39 is 5.54 Å². The van der Waals surface area contributed by atoms with Gasteiger partial charge >= 0.3 is 0 Å². The van der Waals surface area contributed by atoms with Crippen LogP contribution in [0.3, 0.4) is 0 Å². The smallest absolute Gasteiger partial charge is 0.251 e. The van der Waals surface area contributed by atoms with Crippen LogP contribution < -0.4 is 11.1 Å². The zero-order valence-electron chi connectivity index (χ0n) is 10.7. The van der Waals surface area contributed by atoms with Crippen LogP contribution in [0.1, 0.15) is 37.0 Å². The summed E-state index contributed by atoms with van der Waals surface area (Å²) in [5.74, 6) is -0.276. The first-order chi connectivity index (χ1) is 8.46. The van der Waals surface area contributed by atoms with Crippen LogP contribution in [0.4, 0.5) is 5.69 Å². The Hall–Kier alpha value is -1.26. The number of amides is 1. The highest BCUT2D eigenvalue weighted by molar-refractivity contribution is 6.31. The number of benzene rings is 1. The van der Waals surface area contributed by atoms with Crippen molar-refractivity contribution >= 4 is 23.2 Å². The highest BCUT2D eigenvalue weighted by atomic mass is 35.5. The van der Waals surface area contributed by atoms with Crippen LogP contribution in [0.15, 0.2) is 18.2 Å². The molecule has 0 atom stereocenters. The summed E-state index contributed by atoms with van der Waals surface area (Å²) in [4.78, 5) is 12.1. The molecule has 100 valence electrons. The zero-order chi connectivity index (χ0) is 13.8. The molecule has 0 aliphatic carbocycles. The number of hydrogen-bond acceptors (Lipinski definition) is 3. The van der Waals surface area contributed by atoms with E-state index >= 15 is 0 Å². The largest absolute Gasteiger partial charge is 0.399 e. The van der Waals surface area contributed by atoms with Crippen molar-refractivity contribution in [1.82, 2.24) is 5.32 Å². The number of nitrogens with two attached hydrogens (primary N) is 1. The van der Waals surface area contributed by atoms with Gasteiger partial charge in [-0.3, -0.25) is 4.79 Å². The Morgan fingerprint density at radius 2 is 2.00 bits per heavy atom. The van der Waals surface area contributed by atoms with Gasteiger partial charge in [-0.05, 0) is 31.0 Å². The lowest BCUT2D eigenvalue weighted by Gasteiger charge is -2.30. The summed E-state index contributed by atoms with van der Waals surface area (Å²) in [5.41, 5.74) is 5.90. The third-order valence-electron chi connectivity index (χ3n) is 3.22. The summed E-state index contributed by atoms with van der Waals surface area (Å²) >= 11 is 5.86. The number of aliphatic hydroxyl groups is 1. The van der Waals surface area contributed by atoms with Crippen LogP contribution in [-0.2, 0) is 0 Å². The summed E-state index contributed by atoms with van der Waals surface area (Å²) < 4.78 is 0. The Balaban J connectivity index is 2.94. The van der Waals surface area contributed by atoms with Crippen LogP contribution in [0, 0.1) is 0 Å². The van der Waals surface area contributed by atoms with E-state index in [1.165, 1.54) is 0 Å². The number of nitrogens with one attached hydrogen (secondary N) is 1. The molecule has 1 aromatic rings. The number of carbonyl (C=O) groups is 1. The van der Waals surface area contributed by atoms with Gasteiger partial charge in [-0.2, -0.15) is 0 Å². The Bertz CT molecular complexity index is 402. The van der Waals surface area contributed by atoms with Crippen LogP contribution in [-0.4, -0.2) is 23.2 Å². The molecule has 4 nitrogen and oxygen atoms in total. The molecule has 18 heavy (non-hydrogen) atoms. The molecule has 0 aromatic heterocycles. The van der Waals surface area contributed by atoms with Crippen molar-refractivity contribution in [2.75, 3.05) is 12.3 Å². The molecule has 0 aliphatic rings. The minimum Gasteiger partial charge on any atom is -0.399 e. The van der Waals surface area contributed by atoms with Gasteiger partial charge in [-0.1, -0.05) is 25.4 Å². The molecular weight excluding hydrogens is 252 g/mol. The first kappa shape index (κ1) is 14.8. The predicted octanol–water partition coefficient (Wildman–Crippen LogP) is 2.20. The molecule has 1 amide bonds. The molecule has 0 radical (unpaired) electrons. The maximum absolute atomic E-state index is 12.1. The second-order valence-corrected chi connectivity index (χ2v) is 4.81. The lowest BCUT2D eigenvalue weighted by molar-refractivity contribution is 0.0818. The van der Waals surface area contributed by atoms with Gasteiger partial charge < -0.3 is 16.2 Å². The van der Waals surface area contributed by atoms with Gasteiger partial charge in [0.2, 0.25) is 0 Å². The van der Waals surface area contributed by atoms with E-state index in [9.17, 15) is 9.90 Å². The molecule has 1 aromatic carbocycles. The molecule has 0 fully saturated rings. The van der Waals surface area contributed by atoms with E-state index in [0.29, 0.717) is 29.1 Å². The number of rotatable bonds is 5. The fourth-order valence-corrected chi connectivity index (χ4v) is 1.99. The van der Waals surface area contributed by atoms with Crippen LogP contribution in [0.2, 0.25) is 5.02 Å². The van der Waals surface area contributed by atoms with Gasteiger partial charge in [-0.15, -0.1) is 0 Å². The summed E-state index contributed by atoms with van der Waals surface area (Å²) in [5, 5.41) is 12.7. The lowest BCUT2D eigenvalue weighted by Crippen LogP contribution is -2.50. The topological polar surface area (TPSA) is 75.3 Å². The van der Waals surface area contributed by atoms with Crippen molar-refractivity contribution in [3.63, 3.8) is 0 Å². The molecule has 0 spiro atoms. The molecular formula is C13H19ClN2O2. The van der Waals surface area contributed by atoms with E-state index in [1.807, 2.05) is 13.8 Å².